The Morgan fingerprint density at radius 1 is 0.612 bits per heavy atom. The van der Waals surface area contributed by atoms with Gasteiger partial charge in [0.2, 0.25) is 76.8 Å². The fraction of sp³-hybridized carbons (Fsp3) is 0.384. The Kier molecular flexibility index (Phi) is 28.2. The summed E-state index contributed by atoms with van der Waals surface area (Å²) in [6.45, 7) is 4.50. The Balaban J connectivity index is 1.06. The number of hydrogen-bond acceptors (Lipinski definition) is 16. The van der Waals surface area contributed by atoms with Crippen LogP contribution in [0.5, 0.6) is 0 Å². The number of fused-ring (bicyclic) bond motifs is 20. The maximum absolute atomic E-state index is 14.9. The van der Waals surface area contributed by atoms with Crippen molar-refractivity contribution in [3.8, 4) is 0 Å². The number of rotatable bonds is 24. The number of primary amides is 1. The van der Waals surface area contributed by atoms with Crippen molar-refractivity contribution in [3.05, 3.63) is 178 Å². The molecule has 14 N–H and O–H groups in total. The van der Waals surface area contributed by atoms with Crippen molar-refractivity contribution in [2.45, 2.75) is 152 Å². The molecule has 13 amide bonds. The first-order valence-electron chi connectivity index (χ1n) is 33.8. The highest BCUT2D eigenvalue weighted by Crippen LogP contribution is 2.23. The Morgan fingerprint density at radius 2 is 1.22 bits per heavy atom. The summed E-state index contributed by atoms with van der Waals surface area (Å²) in [5.41, 5.74) is 8.45. The van der Waals surface area contributed by atoms with Crippen LogP contribution in [-0.2, 0) is 101 Å². The Hall–Kier alpha value is -11.2. The maximum Gasteiger partial charge on any atom is 0.246 e. The number of benzene rings is 4. The average Bonchev–Trinajstić information content (AvgIpc) is 1.79. The SMILES string of the molecule is CC(=O)N[C@H](Cc1ccc2ccccc2c1)C(=O)N[C@H](Cc1ccc(Cl)cc1)C(=O)N[C@H](Cc1cccnc1)C(=O)N[C@@H](CO)C(=O)N[C@H]1CC(=O)NCC(=O)NCc2ccc(cc2)C[C@@H](C(=O)N2CCC[C@H]2C(=O)N[C@H](C)C(N)=O)NC(=O)[C@H](CC(C)C)NC(=O)[C@@H](Cc2ccccn2)NC1=O. The molecular weight excluding hydrogens is 1350 g/mol. The summed E-state index contributed by atoms with van der Waals surface area (Å²) in [5, 5.41) is 41.9. The van der Waals surface area contributed by atoms with Crippen LogP contribution in [0.1, 0.15) is 86.9 Å². The molecule has 2 bridgehead atoms. The second kappa shape index (κ2) is 37.5. The number of nitrogens with one attached hydrogen (secondary N) is 11. The molecule has 0 radical (unpaired) electrons. The molecule has 1 fully saturated rings. The van der Waals surface area contributed by atoms with E-state index < -0.39 is 157 Å². The fourth-order valence-electron chi connectivity index (χ4n) is 11.8. The first kappa shape index (κ1) is 77.5. The molecule has 0 saturated carbocycles. The number of carbonyl (C=O) groups is 13. The van der Waals surface area contributed by atoms with Crippen LogP contribution >= 0.6 is 11.6 Å². The summed E-state index contributed by atoms with van der Waals surface area (Å²) in [6, 6.07) is 19.6. The summed E-state index contributed by atoms with van der Waals surface area (Å²) in [6.07, 6.45) is 3.12. The zero-order chi connectivity index (χ0) is 74.3. The molecule has 9 rings (SSSR count). The molecule has 2 aromatic heterocycles. The standard InChI is InChI=1S/C73H86ClN15O14/c1-41(2)29-53-65(95)87-59(73(103)89-28-10-15-61(89)72(102)80-42(3)64(75)94)32-44-16-18-46(19-17-44)38-78-63(93)39-79-62(92)36-58(70(100)85-57(69(99)82-53)35-52-14-7-8-27-77-52)86-71(101)60(40-90)88-68(98)56(34-48-11-9-26-76-37-48)84-67(97)55(31-45-21-24-51(74)25-22-45)83-66(96)54(81-43(4)91)33-47-20-23-49-12-5-6-13-50(49)30-47/h5-9,11-14,16-27,30,37,41-42,53-61,90H,10,15,28-29,31-36,38-40H2,1-4H3,(H2,75,94)(H,78,93)(H,79,92)(H,80,102)(H,81,91)(H,82,99)(H,83,96)(H,84,97)(H,85,100)(H,86,101)(H,87,95)(H,88,98)/t42-,53+,54-,55-,56-,57-,58+,59+,60+,61+/m1/s1. The molecule has 4 aromatic carbocycles. The number of nitrogens with zero attached hydrogens (tertiary/aromatic N) is 3. The molecule has 3 aliphatic heterocycles. The molecule has 0 spiro atoms. The van der Waals surface area contributed by atoms with Gasteiger partial charge in [-0.3, -0.25) is 72.3 Å². The molecule has 0 unspecified atom stereocenters. The van der Waals surface area contributed by atoms with Gasteiger partial charge in [0.1, 0.15) is 60.4 Å². The highest BCUT2D eigenvalue weighted by Gasteiger charge is 2.41. The van der Waals surface area contributed by atoms with Crippen molar-refractivity contribution >= 4 is 99.2 Å². The molecule has 29 nitrogen and oxygen atoms in total. The summed E-state index contributed by atoms with van der Waals surface area (Å²) < 4.78 is 0. The molecule has 103 heavy (non-hydrogen) atoms. The van der Waals surface area contributed by atoms with Gasteiger partial charge >= 0.3 is 0 Å². The molecule has 3 aliphatic rings. The third-order valence-electron chi connectivity index (χ3n) is 17.3. The van der Waals surface area contributed by atoms with E-state index in [0.29, 0.717) is 39.3 Å². The number of halogens is 1. The molecule has 5 heterocycles. The number of pyridine rings is 2. The van der Waals surface area contributed by atoms with Gasteiger partial charge in [-0.05, 0) is 101 Å². The largest absolute Gasteiger partial charge is 0.394 e. The second-order valence-corrected chi connectivity index (χ2v) is 26.3. The van der Waals surface area contributed by atoms with Crippen molar-refractivity contribution in [3.63, 3.8) is 0 Å². The number of nitrogens with two attached hydrogens (primary N) is 1. The topological polar surface area (TPSA) is 430 Å². The van der Waals surface area contributed by atoms with Gasteiger partial charge in [0, 0.05) is 81.4 Å². The smallest absolute Gasteiger partial charge is 0.246 e. The Morgan fingerprint density at radius 3 is 1.86 bits per heavy atom. The molecule has 10 atom stereocenters. The van der Waals surface area contributed by atoms with Crippen molar-refractivity contribution in [2.24, 2.45) is 11.7 Å². The zero-order valence-electron chi connectivity index (χ0n) is 57.4. The lowest BCUT2D eigenvalue weighted by atomic mass is 9.99. The third kappa shape index (κ3) is 23.4. The van der Waals surface area contributed by atoms with Crippen LogP contribution in [0.15, 0.2) is 140 Å². The molecule has 0 aliphatic carbocycles. The lowest BCUT2D eigenvalue weighted by molar-refractivity contribution is -0.142. The van der Waals surface area contributed by atoms with Gasteiger partial charge in [-0.2, -0.15) is 0 Å². The first-order chi connectivity index (χ1) is 49.3. The number of aliphatic hydroxyl groups excluding tert-OH is 1. The van der Waals surface area contributed by atoms with Crippen molar-refractivity contribution in [1.82, 2.24) is 73.4 Å². The number of carbonyl (C=O) groups excluding carboxylic acids is 13. The first-order valence-corrected chi connectivity index (χ1v) is 34.2. The lowest BCUT2D eigenvalue weighted by Crippen LogP contribution is -2.62. The average molecular weight is 1430 g/mol. The van der Waals surface area contributed by atoms with Gasteiger partial charge < -0.3 is 74.2 Å². The van der Waals surface area contributed by atoms with Crippen LogP contribution in [0, 0.1) is 5.92 Å². The van der Waals surface area contributed by atoms with Gasteiger partial charge in [-0.25, -0.2) is 0 Å². The number of amides is 13. The van der Waals surface area contributed by atoms with Gasteiger partial charge in [0.25, 0.3) is 0 Å². The molecule has 544 valence electrons. The van der Waals surface area contributed by atoms with Gasteiger partial charge in [0.15, 0.2) is 0 Å². The normalized spacial score (nSPS) is 19.2. The van der Waals surface area contributed by atoms with E-state index in [0.717, 1.165) is 10.8 Å². The Bertz CT molecular complexity index is 4040. The van der Waals surface area contributed by atoms with Crippen molar-refractivity contribution < 1.29 is 67.4 Å². The number of hydrogen-bond donors (Lipinski definition) is 13. The summed E-state index contributed by atoms with van der Waals surface area (Å²) in [5.74, 6) is -11.5. The van der Waals surface area contributed by atoms with E-state index in [9.17, 15) is 67.4 Å². The van der Waals surface area contributed by atoms with E-state index in [-0.39, 0.29) is 69.6 Å². The summed E-state index contributed by atoms with van der Waals surface area (Å²) >= 11 is 6.23. The fourth-order valence-corrected chi connectivity index (χ4v) is 12.0. The Labute approximate surface area is 599 Å². The van der Waals surface area contributed by atoms with E-state index in [4.69, 9.17) is 17.3 Å². The van der Waals surface area contributed by atoms with Crippen LogP contribution in [0.25, 0.3) is 10.8 Å². The summed E-state index contributed by atoms with van der Waals surface area (Å²) in [4.78, 5) is 193. The van der Waals surface area contributed by atoms with Crippen LogP contribution < -0.4 is 64.2 Å². The van der Waals surface area contributed by atoms with E-state index in [1.165, 1.54) is 37.3 Å². The molecule has 30 heteroatoms. The van der Waals surface area contributed by atoms with Crippen molar-refractivity contribution in [1.29, 1.82) is 0 Å². The third-order valence-corrected chi connectivity index (χ3v) is 17.6. The maximum atomic E-state index is 14.9. The minimum absolute atomic E-state index is 0.0168. The minimum atomic E-state index is -1.96. The van der Waals surface area contributed by atoms with E-state index in [2.05, 4.69) is 68.5 Å². The number of aromatic nitrogens is 2. The quantitative estimate of drug-likeness (QED) is 0.0351. The van der Waals surface area contributed by atoms with E-state index in [1.807, 2.05) is 42.5 Å². The minimum Gasteiger partial charge on any atom is -0.394 e. The number of likely N-dealkylation sites (tertiary alicyclic amines) is 1. The highest BCUT2D eigenvalue weighted by atomic mass is 35.5. The molecule has 6 aromatic rings. The van der Waals surface area contributed by atoms with Crippen molar-refractivity contribution in [2.75, 3.05) is 19.7 Å². The van der Waals surface area contributed by atoms with Crippen LogP contribution in [0.2, 0.25) is 5.02 Å². The van der Waals surface area contributed by atoms with Gasteiger partial charge in [-0.1, -0.05) is 116 Å². The predicted octanol–water partition coefficient (Wildman–Crippen LogP) is -0.150. The van der Waals surface area contributed by atoms with Gasteiger partial charge in [0.05, 0.1) is 19.6 Å². The van der Waals surface area contributed by atoms with E-state index in [1.54, 1.807) is 92.7 Å². The predicted molar refractivity (Wildman–Crippen MR) is 378 cm³/mol. The monoisotopic (exact) mass is 1430 g/mol. The zero-order valence-corrected chi connectivity index (χ0v) is 58.1. The molecular formula is C73H86ClN15O14. The lowest BCUT2D eigenvalue weighted by Gasteiger charge is -2.31. The number of aliphatic hydroxyl groups is 1. The van der Waals surface area contributed by atoms with E-state index >= 15 is 0 Å². The van der Waals surface area contributed by atoms with Gasteiger partial charge in [-0.15, -0.1) is 0 Å². The van der Waals surface area contributed by atoms with Crippen LogP contribution in [-0.4, -0.2) is 177 Å². The molecule has 1 saturated heterocycles. The summed E-state index contributed by atoms with van der Waals surface area (Å²) in [7, 11) is 0. The van der Waals surface area contributed by atoms with Crippen LogP contribution in [0.4, 0.5) is 0 Å². The van der Waals surface area contributed by atoms with Crippen LogP contribution in [0.3, 0.4) is 0 Å². The highest BCUT2D eigenvalue weighted by molar-refractivity contribution is 6.30. The second-order valence-electron chi connectivity index (χ2n) is 25.9.